The first kappa shape index (κ1) is 19.5. The molecule has 8 bridgehead atoms. The van der Waals surface area contributed by atoms with Crippen LogP contribution in [0.4, 0.5) is 0 Å². The molecular formula is C18H10Br2Cl2SZr. The van der Waals surface area contributed by atoms with Crippen molar-refractivity contribution in [3.05, 3.63) is 67.6 Å². The summed E-state index contributed by atoms with van der Waals surface area (Å²) in [5.74, 6) is 0. The van der Waals surface area contributed by atoms with Crippen LogP contribution in [0.2, 0.25) is 0 Å². The Labute approximate surface area is 186 Å². The van der Waals surface area contributed by atoms with Crippen LogP contribution in [-0.4, -0.2) is 0 Å². The van der Waals surface area contributed by atoms with E-state index in [4.69, 9.17) is 0 Å². The van der Waals surface area contributed by atoms with Crippen LogP contribution in [-0.2, 0) is 23.2 Å². The van der Waals surface area contributed by atoms with Gasteiger partial charge in [-0.3, -0.25) is 0 Å². The van der Waals surface area contributed by atoms with Crippen molar-refractivity contribution in [1.29, 1.82) is 0 Å². The van der Waals surface area contributed by atoms with Crippen molar-refractivity contribution in [2.24, 2.45) is 0 Å². The van der Waals surface area contributed by atoms with E-state index in [2.05, 4.69) is 80.4 Å². The maximum absolute atomic E-state index is 3.80. The second-order valence-corrected chi connectivity index (χ2v) is 12.4. The zero-order valence-corrected chi connectivity index (χ0v) is 20.2. The number of hydrogen-bond acceptors (Lipinski definition) is 1. The van der Waals surface area contributed by atoms with Gasteiger partial charge in [0.05, 0.1) is 0 Å². The molecule has 0 N–H and O–H groups in total. The van der Waals surface area contributed by atoms with Gasteiger partial charge in [0.1, 0.15) is 0 Å². The first-order chi connectivity index (χ1) is 10.7. The number of rotatable bonds is 0. The fraction of sp³-hybridized carbons (Fsp3) is 0.111. The summed E-state index contributed by atoms with van der Waals surface area (Å²) < 4.78 is 3.91. The molecule has 3 aliphatic rings. The Morgan fingerprint density at radius 1 is 0.750 bits per heavy atom. The van der Waals surface area contributed by atoms with E-state index in [1.807, 2.05) is 11.8 Å². The van der Waals surface area contributed by atoms with Crippen LogP contribution in [0.3, 0.4) is 0 Å². The number of halogens is 4. The van der Waals surface area contributed by atoms with E-state index in [0.717, 1.165) is 0 Å². The van der Waals surface area contributed by atoms with Gasteiger partial charge < -0.3 is 24.8 Å². The van der Waals surface area contributed by atoms with E-state index in [0.29, 0.717) is 7.25 Å². The average molecular weight is 580 g/mol. The van der Waals surface area contributed by atoms with Gasteiger partial charge in [-0.15, -0.1) is 0 Å². The van der Waals surface area contributed by atoms with E-state index in [1.165, 1.54) is 29.9 Å². The Kier molecular flexibility index (Phi) is 5.97. The molecule has 2 aromatic carbocycles. The summed E-state index contributed by atoms with van der Waals surface area (Å²) in [6.07, 6.45) is 9.64. The number of hydrogen-bond donors (Lipinski definition) is 0. The van der Waals surface area contributed by atoms with Gasteiger partial charge in [0.2, 0.25) is 0 Å². The first-order valence-electron chi connectivity index (χ1n) is 7.17. The van der Waals surface area contributed by atoms with Crippen molar-refractivity contribution < 1.29 is 48.0 Å². The topological polar surface area (TPSA) is 0 Å². The molecular weight excluding hydrogens is 570 g/mol. The molecule has 6 heteroatoms. The van der Waals surface area contributed by atoms with E-state index in [-0.39, 0.29) is 24.8 Å². The van der Waals surface area contributed by atoms with Gasteiger partial charge in [-0.2, -0.15) is 0 Å². The molecule has 2 aliphatic carbocycles. The van der Waals surface area contributed by atoms with Gasteiger partial charge >= 0.3 is 164 Å². The standard InChI is InChI=1S/C18H10Br2S.2ClH.Zr/c19-15-7-9-17(13-5-1-3-11(13)15)21-18-10-8-16(20)12-4-2-6-14(12)18;;;/h1-10H;2*1H;/q;;;+2/p-2. The van der Waals surface area contributed by atoms with Crippen LogP contribution < -0.4 is 24.8 Å². The van der Waals surface area contributed by atoms with Gasteiger partial charge in [-0.1, -0.05) is 0 Å². The Balaban J connectivity index is 0.000000845. The molecule has 0 radical (unpaired) electrons. The van der Waals surface area contributed by atoms with Crippen molar-refractivity contribution in [3.8, 4) is 0 Å². The molecule has 0 spiro atoms. The van der Waals surface area contributed by atoms with Crippen molar-refractivity contribution in [2.75, 3.05) is 0 Å². The van der Waals surface area contributed by atoms with Crippen molar-refractivity contribution in [1.82, 2.24) is 0 Å². The Morgan fingerprint density at radius 3 is 1.67 bits per heavy atom. The second kappa shape index (κ2) is 7.37. The Morgan fingerprint density at radius 2 is 1.21 bits per heavy atom. The van der Waals surface area contributed by atoms with Crippen molar-refractivity contribution >= 4 is 55.8 Å². The minimum absolute atomic E-state index is 0. The van der Waals surface area contributed by atoms with Crippen LogP contribution in [0, 0.1) is 0 Å². The van der Waals surface area contributed by atoms with Gasteiger partial charge in [0.25, 0.3) is 0 Å². The predicted molar refractivity (Wildman–Crippen MR) is 96.0 cm³/mol. The fourth-order valence-electron chi connectivity index (χ4n) is 3.50. The largest absolute Gasteiger partial charge is 1.00 e. The normalized spacial score (nSPS) is 20.6. The molecule has 0 nitrogen and oxygen atoms in total. The Bertz CT molecular complexity index is 824. The van der Waals surface area contributed by atoms with Crippen LogP contribution in [0.15, 0.2) is 55.2 Å². The molecule has 0 saturated heterocycles. The molecule has 1 heterocycles. The first-order valence-corrected chi connectivity index (χ1v) is 12.4. The molecule has 0 saturated carbocycles. The van der Waals surface area contributed by atoms with E-state index < -0.39 is 23.2 Å². The summed E-state index contributed by atoms with van der Waals surface area (Å²) in [6.45, 7) is 0. The Hall–Kier alpha value is 0.693. The van der Waals surface area contributed by atoms with Crippen LogP contribution >= 0.6 is 43.6 Å². The van der Waals surface area contributed by atoms with Gasteiger partial charge in [-0.25, -0.2) is 0 Å². The van der Waals surface area contributed by atoms with Crippen molar-refractivity contribution in [3.63, 3.8) is 0 Å². The minimum atomic E-state index is -0.656. The molecule has 0 aromatic heterocycles. The number of allylic oxidation sites excluding steroid dienone is 2. The van der Waals surface area contributed by atoms with Gasteiger partial charge in [-0.05, 0) is 0 Å². The summed E-state index contributed by atoms with van der Waals surface area (Å²) in [5.41, 5.74) is 5.98. The SMILES string of the molecule is Brc1ccc2c3c1[CH](C=C3)[Zr+2][CH]1C=Cc3c(ccc(Br)c31)S2.[Cl-].[Cl-]. The van der Waals surface area contributed by atoms with Crippen LogP contribution in [0.25, 0.3) is 12.2 Å². The molecule has 2 unspecified atom stereocenters. The number of benzene rings is 2. The monoisotopic (exact) mass is 576 g/mol. The van der Waals surface area contributed by atoms with E-state index in [9.17, 15) is 0 Å². The second-order valence-electron chi connectivity index (χ2n) is 5.69. The maximum atomic E-state index is 3.80. The fourth-order valence-corrected chi connectivity index (χ4v) is 11.1. The molecule has 24 heavy (non-hydrogen) atoms. The third kappa shape index (κ3) is 2.90. The summed E-state index contributed by atoms with van der Waals surface area (Å²) in [5, 5.41) is 0. The zero-order valence-electron chi connectivity index (χ0n) is 12.2. The molecule has 2 aromatic rings. The predicted octanol–water partition coefficient (Wildman–Crippen LogP) is 0.603. The summed E-state index contributed by atoms with van der Waals surface area (Å²) >= 11 is 8.85. The molecule has 1 aliphatic heterocycles. The van der Waals surface area contributed by atoms with Gasteiger partial charge in [0.15, 0.2) is 0 Å². The third-order valence-electron chi connectivity index (χ3n) is 4.50. The maximum Gasteiger partial charge on any atom is -1.00 e. The van der Waals surface area contributed by atoms with Gasteiger partial charge in [0, 0.05) is 0 Å². The van der Waals surface area contributed by atoms with E-state index >= 15 is 0 Å². The summed E-state index contributed by atoms with van der Waals surface area (Å²) in [7, 11) is 0. The average Bonchev–Trinajstić information content (AvgIpc) is 3.10. The molecule has 5 rings (SSSR count). The zero-order chi connectivity index (χ0) is 14.8. The molecule has 0 fully saturated rings. The van der Waals surface area contributed by atoms with Crippen LogP contribution in [0.1, 0.15) is 29.5 Å². The molecule has 120 valence electrons. The third-order valence-corrected chi connectivity index (χ3v) is 11.2. The van der Waals surface area contributed by atoms with E-state index in [1.54, 1.807) is 11.1 Å². The minimum Gasteiger partial charge on any atom is -1.00 e. The van der Waals surface area contributed by atoms with Crippen LogP contribution in [0.5, 0.6) is 0 Å². The quantitative estimate of drug-likeness (QED) is 0.441. The smallest absolute Gasteiger partial charge is 1.00 e. The summed E-state index contributed by atoms with van der Waals surface area (Å²) in [4.78, 5) is 2.78. The molecule has 2 atom stereocenters. The van der Waals surface area contributed by atoms with Crippen molar-refractivity contribution in [2.45, 2.75) is 17.0 Å². The summed E-state index contributed by atoms with van der Waals surface area (Å²) in [6, 6.07) is 9.00. The molecule has 0 amide bonds.